The Hall–Kier alpha value is -1.88. The summed E-state index contributed by atoms with van der Waals surface area (Å²) >= 11 is 0. The molecule has 2 heterocycles. The minimum atomic E-state index is -0.378. The van der Waals surface area contributed by atoms with Crippen LogP contribution in [-0.2, 0) is 4.79 Å². The van der Waals surface area contributed by atoms with Gasteiger partial charge < -0.3 is 15.0 Å². The third-order valence-electron chi connectivity index (χ3n) is 4.76. The summed E-state index contributed by atoms with van der Waals surface area (Å²) in [6, 6.07) is 3.69. The Labute approximate surface area is 130 Å². The second-order valence-electron chi connectivity index (χ2n) is 6.35. The summed E-state index contributed by atoms with van der Waals surface area (Å²) < 4.78 is 6.26. The van der Waals surface area contributed by atoms with Crippen molar-refractivity contribution in [1.82, 2.24) is 5.32 Å². The number of piperidine rings is 1. The smallest absolute Gasteiger partial charge is 0.223 e. The van der Waals surface area contributed by atoms with E-state index >= 15 is 0 Å². The van der Waals surface area contributed by atoms with Crippen molar-refractivity contribution in [2.75, 3.05) is 25.0 Å². The zero-order valence-electron chi connectivity index (χ0n) is 13.4. The Bertz CT molecular complexity index is 633. The van der Waals surface area contributed by atoms with Gasteiger partial charge in [-0.2, -0.15) is 0 Å². The number of nitrogens with zero attached hydrogens (tertiary/aromatic N) is 1. The van der Waals surface area contributed by atoms with E-state index in [1.54, 1.807) is 11.9 Å². The van der Waals surface area contributed by atoms with Crippen LogP contribution in [-0.4, -0.2) is 37.4 Å². The van der Waals surface area contributed by atoms with Gasteiger partial charge in [-0.1, -0.05) is 0 Å². The van der Waals surface area contributed by atoms with Crippen LogP contribution in [0.4, 0.5) is 5.69 Å². The van der Waals surface area contributed by atoms with Gasteiger partial charge in [0.25, 0.3) is 0 Å². The molecule has 2 aliphatic rings. The lowest BCUT2D eigenvalue weighted by Crippen LogP contribution is -2.49. The second-order valence-corrected chi connectivity index (χ2v) is 6.35. The molecule has 22 heavy (non-hydrogen) atoms. The fourth-order valence-electron chi connectivity index (χ4n) is 3.33. The van der Waals surface area contributed by atoms with Crippen LogP contribution < -0.4 is 15.0 Å². The van der Waals surface area contributed by atoms with Crippen LogP contribution in [0.1, 0.15) is 42.1 Å². The van der Waals surface area contributed by atoms with Crippen LogP contribution in [0.25, 0.3) is 0 Å². The summed E-state index contributed by atoms with van der Waals surface area (Å²) in [6.45, 7) is 5.18. The first kappa shape index (κ1) is 15.0. The van der Waals surface area contributed by atoms with E-state index in [4.69, 9.17) is 4.74 Å². The molecule has 118 valence electrons. The van der Waals surface area contributed by atoms with E-state index in [-0.39, 0.29) is 17.3 Å². The molecular weight excluding hydrogens is 280 g/mol. The highest BCUT2D eigenvalue weighted by molar-refractivity contribution is 6.02. The molecule has 1 aromatic rings. The summed E-state index contributed by atoms with van der Waals surface area (Å²) in [5.74, 6) is 0.719. The standard InChI is InChI=1S/C17H22N2O3/c1-11-8-13-15(21)10-17(4-6-18-7-5-17)22-16(13)9-14(11)19(3)12(2)20/h8-9,18H,4-7,10H2,1-3H3. The molecule has 0 saturated carbocycles. The lowest BCUT2D eigenvalue weighted by atomic mass is 9.82. The SMILES string of the molecule is CC(=O)N(C)c1cc2c(cc1C)C(=O)CC1(CCNCC1)O2. The zero-order chi connectivity index (χ0) is 15.9. The minimum Gasteiger partial charge on any atom is -0.486 e. The summed E-state index contributed by atoms with van der Waals surface area (Å²) in [7, 11) is 1.74. The van der Waals surface area contributed by atoms with Crippen molar-refractivity contribution in [3.05, 3.63) is 23.3 Å². The first-order chi connectivity index (χ1) is 10.4. The molecule has 3 rings (SSSR count). The number of carbonyl (C=O) groups is 2. The molecule has 5 nitrogen and oxygen atoms in total. The molecular formula is C17H22N2O3. The number of ether oxygens (including phenoxy) is 1. The molecule has 0 aliphatic carbocycles. The number of ketones is 1. The first-order valence-electron chi connectivity index (χ1n) is 7.74. The van der Waals surface area contributed by atoms with E-state index in [0.29, 0.717) is 17.7 Å². The second kappa shape index (κ2) is 5.39. The van der Waals surface area contributed by atoms with E-state index < -0.39 is 0 Å². The fraction of sp³-hybridized carbons (Fsp3) is 0.529. The Balaban J connectivity index is 2.01. The minimum absolute atomic E-state index is 0.0400. The van der Waals surface area contributed by atoms with Crippen LogP contribution >= 0.6 is 0 Å². The Morgan fingerprint density at radius 1 is 1.32 bits per heavy atom. The molecule has 2 aliphatic heterocycles. The average molecular weight is 302 g/mol. The van der Waals surface area contributed by atoms with Gasteiger partial charge in [0.15, 0.2) is 5.78 Å². The number of Topliss-reactive ketones (excluding diaryl/α,β-unsaturated/α-hetero) is 1. The molecule has 1 spiro atoms. The first-order valence-corrected chi connectivity index (χ1v) is 7.74. The van der Waals surface area contributed by atoms with Crippen molar-refractivity contribution in [1.29, 1.82) is 0 Å². The van der Waals surface area contributed by atoms with Gasteiger partial charge in [-0.3, -0.25) is 9.59 Å². The van der Waals surface area contributed by atoms with E-state index in [2.05, 4.69) is 5.32 Å². The van der Waals surface area contributed by atoms with Gasteiger partial charge in [0.1, 0.15) is 11.4 Å². The molecule has 0 atom stereocenters. The molecule has 5 heteroatoms. The van der Waals surface area contributed by atoms with Crippen molar-refractivity contribution in [3.63, 3.8) is 0 Å². The molecule has 0 aromatic heterocycles. The van der Waals surface area contributed by atoms with Crippen molar-refractivity contribution in [3.8, 4) is 5.75 Å². The monoisotopic (exact) mass is 302 g/mol. The summed E-state index contributed by atoms with van der Waals surface area (Å²) in [6.07, 6.45) is 2.12. The molecule has 1 fully saturated rings. The van der Waals surface area contributed by atoms with Gasteiger partial charge in [0, 0.05) is 38.6 Å². The highest BCUT2D eigenvalue weighted by Gasteiger charge is 2.41. The molecule has 1 aromatic carbocycles. The molecule has 0 radical (unpaired) electrons. The number of rotatable bonds is 1. The predicted molar refractivity (Wildman–Crippen MR) is 84.7 cm³/mol. The van der Waals surface area contributed by atoms with Crippen molar-refractivity contribution < 1.29 is 14.3 Å². The van der Waals surface area contributed by atoms with Gasteiger partial charge in [-0.25, -0.2) is 0 Å². The van der Waals surface area contributed by atoms with Crippen LogP contribution in [0.5, 0.6) is 5.75 Å². The number of fused-ring (bicyclic) bond motifs is 1. The molecule has 1 N–H and O–H groups in total. The van der Waals surface area contributed by atoms with E-state index in [1.807, 2.05) is 19.1 Å². The van der Waals surface area contributed by atoms with E-state index in [9.17, 15) is 9.59 Å². The van der Waals surface area contributed by atoms with E-state index in [0.717, 1.165) is 37.2 Å². The summed E-state index contributed by atoms with van der Waals surface area (Å²) in [4.78, 5) is 25.8. The highest BCUT2D eigenvalue weighted by Crippen LogP contribution is 2.41. The number of nitrogens with one attached hydrogen (secondary N) is 1. The lowest BCUT2D eigenvalue weighted by Gasteiger charge is -2.41. The van der Waals surface area contributed by atoms with Gasteiger partial charge in [-0.05, 0) is 31.6 Å². The van der Waals surface area contributed by atoms with Gasteiger partial charge >= 0.3 is 0 Å². The van der Waals surface area contributed by atoms with Crippen LogP contribution in [0.2, 0.25) is 0 Å². The summed E-state index contributed by atoms with van der Waals surface area (Å²) in [5, 5.41) is 3.30. The Morgan fingerprint density at radius 3 is 2.64 bits per heavy atom. The zero-order valence-corrected chi connectivity index (χ0v) is 13.4. The van der Waals surface area contributed by atoms with Gasteiger partial charge in [0.2, 0.25) is 5.91 Å². The molecule has 1 amide bonds. The third-order valence-corrected chi connectivity index (χ3v) is 4.76. The Morgan fingerprint density at radius 2 is 2.00 bits per heavy atom. The maximum Gasteiger partial charge on any atom is 0.223 e. The fourth-order valence-corrected chi connectivity index (χ4v) is 3.33. The maximum atomic E-state index is 12.5. The quantitative estimate of drug-likeness (QED) is 0.863. The number of anilines is 1. The largest absolute Gasteiger partial charge is 0.486 e. The van der Waals surface area contributed by atoms with Crippen molar-refractivity contribution in [2.24, 2.45) is 0 Å². The molecule has 0 unspecified atom stereocenters. The lowest BCUT2D eigenvalue weighted by molar-refractivity contribution is -0.116. The summed E-state index contributed by atoms with van der Waals surface area (Å²) in [5.41, 5.74) is 1.97. The highest BCUT2D eigenvalue weighted by atomic mass is 16.5. The number of hydrogen-bond acceptors (Lipinski definition) is 4. The van der Waals surface area contributed by atoms with Crippen molar-refractivity contribution in [2.45, 2.75) is 38.7 Å². The van der Waals surface area contributed by atoms with Gasteiger partial charge in [-0.15, -0.1) is 0 Å². The van der Waals surface area contributed by atoms with Crippen LogP contribution in [0.15, 0.2) is 12.1 Å². The van der Waals surface area contributed by atoms with Gasteiger partial charge in [0.05, 0.1) is 12.0 Å². The van der Waals surface area contributed by atoms with Crippen LogP contribution in [0, 0.1) is 6.92 Å². The predicted octanol–water partition coefficient (Wildman–Crippen LogP) is 2.07. The number of carbonyl (C=O) groups excluding carboxylic acids is 2. The van der Waals surface area contributed by atoms with Crippen molar-refractivity contribution >= 4 is 17.4 Å². The Kier molecular flexibility index (Phi) is 3.68. The molecule has 1 saturated heterocycles. The van der Waals surface area contributed by atoms with E-state index in [1.165, 1.54) is 6.92 Å². The maximum absolute atomic E-state index is 12.5. The average Bonchev–Trinajstić information content (AvgIpc) is 2.47. The normalized spacial score (nSPS) is 19.5. The van der Waals surface area contributed by atoms with Crippen LogP contribution in [0.3, 0.4) is 0 Å². The molecule has 0 bridgehead atoms. The third kappa shape index (κ3) is 2.50. The number of benzene rings is 1. The number of aryl methyl sites for hydroxylation is 1. The topological polar surface area (TPSA) is 58.6 Å². The number of amides is 1. The number of hydrogen-bond donors (Lipinski definition) is 1.